The van der Waals surface area contributed by atoms with E-state index in [1.165, 1.54) is 0 Å². The number of fused-ring (bicyclic) bond motifs is 4. The molecule has 0 bridgehead atoms. The summed E-state index contributed by atoms with van der Waals surface area (Å²) in [7, 11) is 0. The predicted molar refractivity (Wildman–Crippen MR) is 128 cm³/mol. The minimum atomic E-state index is -0.100. The summed E-state index contributed by atoms with van der Waals surface area (Å²) in [5.41, 5.74) is 5.85. The van der Waals surface area contributed by atoms with Crippen LogP contribution in [0, 0.1) is 45.3 Å². The number of benzene rings is 3. The van der Waals surface area contributed by atoms with Gasteiger partial charge in [0.2, 0.25) is 0 Å². The van der Waals surface area contributed by atoms with Crippen LogP contribution in [0.15, 0.2) is 48.5 Å². The van der Waals surface area contributed by atoms with Gasteiger partial charge in [0, 0.05) is 0 Å². The topological polar surface area (TPSA) is 172 Å². The van der Waals surface area contributed by atoms with Crippen LogP contribution >= 0.6 is 0 Å². The molecule has 10 nitrogen and oxygen atoms in total. The SMILES string of the molecule is N#Cc1cc2nc3ccc(-c4ccc5nc6nc(C#N)c(C#N)nc6nc5c4)cc3nc2cc1C#N. The zero-order valence-electron chi connectivity index (χ0n) is 18.1. The number of aromatic nitrogens is 6. The van der Waals surface area contributed by atoms with Crippen LogP contribution in [-0.2, 0) is 0 Å². The lowest BCUT2D eigenvalue weighted by molar-refractivity contribution is 1.14. The van der Waals surface area contributed by atoms with E-state index < -0.39 is 0 Å². The van der Waals surface area contributed by atoms with Crippen LogP contribution in [0.3, 0.4) is 0 Å². The van der Waals surface area contributed by atoms with Gasteiger partial charge in [-0.05, 0) is 47.5 Å². The quantitative estimate of drug-likeness (QED) is 0.328. The van der Waals surface area contributed by atoms with Crippen molar-refractivity contribution in [3.8, 4) is 35.4 Å². The average molecular weight is 460 g/mol. The Labute approximate surface area is 202 Å². The summed E-state index contributed by atoms with van der Waals surface area (Å²) >= 11 is 0. The van der Waals surface area contributed by atoms with E-state index in [-0.39, 0.29) is 33.8 Å². The molecule has 6 rings (SSSR count). The van der Waals surface area contributed by atoms with E-state index in [1.807, 2.05) is 54.6 Å². The molecule has 0 unspecified atom stereocenters. The second-order valence-corrected chi connectivity index (χ2v) is 7.76. The molecule has 0 spiro atoms. The smallest absolute Gasteiger partial charge is 0.199 e. The number of hydrogen-bond donors (Lipinski definition) is 0. The summed E-state index contributed by atoms with van der Waals surface area (Å²) in [6.07, 6.45) is 0. The van der Waals surface area contributed by atoms with Crippen LogP contribution in [0.4, 0.5) is 0 Å². The van der Waals surface area contributed by atoms with Crippen LogP contribution in [0.25, 0.3) is 55.5 Å². The third-order valence-electron chi connectivity index (χ3n) is 5.65. The van der Waals surface area contributed by atoms with Gasteiger partial charge in [-0.15, -0.1) is 0 Å². The fourth-order valence-electron chi connectivity index (χ4n) is 3.93. The van der Waals surface area contributed by atoms with Gasteiger partial charge in [-0.3, -0.25) is 0 Å². The van der Waals surface area contributed by atoms with Crippen molar-refractivity contribution in [2.75, 3.05) is 0 Å². The first-order valence-corrected chi connectivity index (χ1v) is 10.5. The molecule has 0 fully saturated rings. The fraction of sp³-hybridized carbons (Fsp3) is 0. The number of nitrogens with zero attached hydrogens (tertiary/aromatic N) is 10. The molecular formula is C26H8N10. The molecule has 0 N–H and O–H groups in total. The van der Waals surface area contributed by atoms with Crippen molar-refractivity contribution in [1.29, 1.82) is 21.0 Å². The minimum Gasteiger partial charge on any atom is -0.244 e. The molecule has 162 valence electrons. The van der Waals surface area contributed by atoms with Crippen molar-refractivity contribution in [3.63, 3.8) is 0 Å². The molecule has 6 aromatic rings. The molecule has 36 heavy (non-hydrogen) atoms. The summed E-state index contributed by atoms with van der Waals surface area (Å²) in [6, 6.07) is 22.0. The third-order valence-corrected chi connectivity index (χ3v) is 5.65. The van der Waals surface area contributed by atoms with E-state index in [2.05, 4.69) is 29.9 Å². The zero-order valence-corrected chi connectivity index (χ0v) is 18.1. The van der Waals surface area contributed by atoms with E-state index >= 15 is 0 Å². The summed E-state index contributed by atoms with van der Waals surface area (Å²) in [5.74, 6) is 0. The summed E-state index contributed by atoms with van der Waals surface area (Å²) < 4.78 is 0. The number of rotatable bonds is 1. The van der Waals surface area contributed by atoms with Gasteiger partial charge in [0.1, 0.15) is 24.3 Å². The van der Waals surface area contributed by atoms with Crippen LogP contribution in [0.1, 0.15) is 22.5 Å². The van der Waals surface area contributed by atoms with E-state index in [0.29, 0.717) is 33.1 Å². The highest BCUT2D eigenvalue weighted by Gasteiger charge is 2.13. The predicted octanol–water partition coefficient (Wildman–Crippen LogP) is 3.82. The summed E-state index contributed by atoms with van der Waals surface area (Å²) in [4.78, 5) is 26.4. The van der Waals surface area contributed by atoms with Crippen molar-refractivity contribution in [1.82, 2.24) is 29.9 Å². The Balaban J connectivity index is 1.49. The maximum atomic E-state index is 9.32. The lowest BCUT2D eigenvalue weighted by Crippen LogP contribution is -2.00. The van der Waals surface area contributed by atoms with E-state index in [1.54, 1.807) is 18.2 Å². The standard InChI is InChI=1S/C26H8N10/c27-9-15-7-21-22(8-16(15)10-28)32-19-5-13(1-3-17(19)31-21)14-2-4-18-20(6-14)34-26-25(33-18)35-23(11-29)24(12-30)36-26/h1-8H. The van der Waals surface area contributed by atoms with Gasteiger partial charge in [-0.2, -0.15) is 21.0 Å². The van der Waals surface area contributed by atoms with Crippen LogP contribution < -0.4 is 0 Å². The Bertz CT molecular complexity index is 1950. The molecule has 10 heteroatoms. The molecular weight excluding hydrogens is 452 g/mol. The third kappa shape index (κ3) is 3.16. The Morgan fingerprint density at radius 3 is 1.33 bits per heavy atom. The largest absolute Gasteiger partial charge is 0.244 e. The molecule has 3 heterocycles. The lowest BCUT2D eigenvalue weighted by Gasteiger charge is -2.07. The van der Waals surface area contributed by atoms with Crippen LogP contribution in [0.2, 0.25) is 0 Å². The normalized spacial score (nSPS) is 10.7. The van der Waals surface area contributed by atoms with Gasteiger partial charge in [0.15, 0.2) is 22.7 Å². The molecule has 0 atom stereocenters. The van der Waals surface area contributed by atoms with Gasteiger partial charge in [-0.1, -0.05) is 12.1 Å². The van der Waals surface area contributed by atoms with Gasteiger partial charge in [-0.25, -0.2) is 29.9 Å². The first-order chi connectivity index (χ1) is 17.6. The average Bonchev–Trinajstić information content (AvgIpc) is 2.92. The second kappa shape index (κ2) is 7.74. The van der Waals surface area contributed by atoms with Gasteiger partial charge in [0.25, 0.3) is 0 Å². The summed E-state index contributed by atoms with van der Waals surface area (Å²) in [5, 5.41) is 37.0. The van der Waals surface area contributed by atoms with Gasteiger partial charge >= 0.3 is 0 Å². The fourth-order valence-corrected chi connectivity index (χ4v) is 3.93. The maximum absolute atomic E-state index is 9.32. The highest BCUT2D eigenvalue weighted by Crippen LogP contribution is 2.28. The highest BCUT2D eigenvalue weighted by molar-refractivity contribution is 5.92. The number of hydrogen-bond acceptors (Lipinski definition) is 10. The Morgan fingerprint density at radius 1 is 0.417 bits per heavy atom. The van der Waals surface area contributed by atoms with Crippen molar-refractivity contribution >= 4 is 44.4 Å². The Kier molecular flexibility index (Phi) is 4.41. The van der Waals surface area contributed by atoms with Gasteiger partial charge in [0.05, 0.1) is 44.2 Å². The van der Waals surface area contributed by atoms with E-state index in [4.69, 9.17) is 0 Å². The molecule has 0 radical (unpaired) electrons. The molecule has 3 aromatic heterocycles. The van der Waals surface area contributed by atoms with Crippen molar-refractivity contribution < 1.29 is 0 Å². The molecule has 0 saturated heterocycles. The molecule has 3 aromatic carbocycles. The van der Waals surface area contributed by atoms with Crippen LogP contribution in [-0.4, -0.2) is 29.9 Å². The first-order valence-electron chi connectivity index (χ1n) is 10.5. The van der Waals surface area contributed by atoms with E-state index in [0.717, 1.165) is 11.1 Å². The minimum absolute atomic E-state index is 0.0918. The first kappa shape index (κ1) is 20.5. The molecule has 0 aliphatic heterocycles. The zero-order chi connectivity index (χ0) is 24.8. The molecule has 0 aliphatic carbocycles. The Morgan fingerprint density at radius 2 is 0.833 bits per heavy atom. The van der Waals surface area contributed by atoms with Crippen molar-refractivity contribution in [2.45, 2.75) is 0 Å². The summed E-state index contributed by atoms with van der Waals surface area (Å²) in [6.45, 7) is 0. The van der Waals surface area contributed by atoms with Gasteiger partial charge < -0.3 is 0 Å². The molecule has 0 amide bonds. The highest BCUT2D eigenvalue weighted by atomic mass is 15.0. The lowest BCUT2D eigenvalue weighted by atomic mass is 10.0. The van der Waals surface area contributed by atoms with Crippen molar-refractivity contribution in [3.05, 3.63) is 71.0 Å². The second-order valence-electron chi connectivity index (χ2n) is 7.76. The van der Waals surface area contributed by atoms with Crippen LogP contribution in [0.5, 0.6) is 0 Å². The monoisotopic (exact) mass is 460 g/mol. The Hall–Kier alpha value is -6.10. The number of nitriles is 4. The maximum Gasteiger partial charge on any atom is 0.199 e. The molecule has 0 saturated carbocycles. The van der Waals surface area contributed by atoms with E-state index in [9.17, 15) is 21.0 Å². The van der Waals surface area contributed by atoms with Crippen molar-refractivity contribution in [2.24, 2.45) is 0 Å². The molecule has 0 aliphatic rings.